The summed E-state index contributed by atoms with van der Waals surface area (Å²) in [5, 5.41) is 3.41. The van der Waals surface area contributed by atoms with Crippen LogP contribution in [0.2, 0.25) is 0 Å². The van der Waals surface area contributed by atoms with Crippen LogP contribution in [0.4, 0.5) is 10.5 Å². The van der Waals surface area contributed by atoms with Gasteiger partial charge in [0.1, 0.15) is 0 Å². The Bertz CT molecular complexity index is 698. The van der Waals surface area contributed by atoms with Gasteiger partial charge in [0.15, 0.2) is 0 Å². The van der Waals surface area contributed by atoms with Crippen molar-refractivity contribution in [3.8, 4) is 0 Å². The van der Waals surface area contributed by atoms with Crippen LogP contribution in [-0.2, 0) is 9.53 Å². The van der Waals surface area contributed by atoms with E-state index in [0.29, 0.717) is 5.92 Å². The van der Waals surface area contributed by atoms with Gasteiger partial charge in [0.2, 0.25) is 0 Å². The zero-order valence-corrected chi connectivity index (χ0v) is 18.0. The van der Waals surface area contributed by atoms with Crippen LogP contribution in [-0.4, -0.2) is 56.2 Å². The van der Waals surface area contributed by atoms with Gasteiger partial charge in [-0.25, -0.2) is 4.79 Å². The fourth-order valence-corrected chi connectivity index (χ4v) is 5.00. The maximum absolute atomic E-state index is 13.0. The van der Waals surface area contributed by atoms with Gasteiger partial charge in [0.25, 0.3) is 0 Å². The zero-order chi connectivity index (χ0) is 19.5. The van der Waals surface area contributed by atoms with E-state index < -0.39 is 0 Å². The van der Waals surface area contributed by atoms with Crippen LogP contribution in [0, 0.1) is 5.92 Å². The standard InChI is InChI=1S/C22H31N3O3.ClH/c1-28-21(26)18-4-8-20(9-5-18)25-15-14-24(22(25)27)19-6-2-16(3-7-19)17-10-12-23-13-11-17;/h2-3,6-7,17-18,20,23H,4-5,8-15H2,1H3;1H. The number of carbonyl (C=O) groups is 2. The molecule has 2 saturated heterocycles. The molecule has 1 aromatic carbocycles. The van der Waals surface area contributed by atoms with Gasteiger partial charge in [0, 0.05) is 24.8 Å². The molecule has 2 amide bonds. The maximum Gasteiger partial charge on any atom is 0.324 e. The number of piperidine rings is 1. The SMILES string of the molecule is COC(=O)C1CCC(N2CCN(c3ccc(C4CCNCC4)cc3)C2=O)CC1.Cl. The van der Waals surface area contributed by atoms with E-state index in [9.17, 15) is 9.59 Å². The summed E-state index contributed by atoms with van der Waals surface area (Å²) in [6, 6.07) is 8.95. The topological polar surface area (TPSA) is 61.9 Å². The molecule has 0 atom stereocenters. The van der Waals surface area contributed by atoms with Crippen molar-refractivity contribution >= 4 is 30.1 Å². The van der Waals surface area contributed by atoms with E-state index in [4.69, 9.17) is 4.74 Å². The first kappa shape index (κ1) is 21.9. The number of ether oxygens (including phenoxy) is 1. The summed E-state index contributed by atoms with van der Waals surface area (Å²) in [6.07, 6.45) is 5.76. The van der Waals surface area contributed by atoms with E-state index in [1.54, 1.807) is 0 Å². The molecule has 3 aliphatic rings. The number of anilines is 1. The lowest BCUT2D eigenvalue weighted by Gasteiger charge is -2.33. The van der Waals surface area contributed by atoms with Crippen LogP contribution < -0.4 is 10.2 Å². The quantitative estimate of drug-likeness (QED) is 0.755. The Morgan fingerprint density at radius 3 is 2.28 bits per heavy atom. The minimum atomic E-state index is -0.110. The Labute approximate surface area is 179 Å². The largest absolute Gasteiger partial charge is 0.469 e. The Kier molecular flexibility index (Phi) is 7.41. The molecule has 160 valence electrons. The number of carbonyl (C=O) groups excluding carboxylic acids is 2. The van der Waals surface area contributed by atoms with Crippen molar-refractivity contribution < 1.29 is 14.3 Å². The van der Waals surface area contributed by atoms with Gasteiger partial charge in [-0.15, -0.1) is 12.4 Å². The van der Waals surface area contributed by atoms with Crippen molar-refractivity contribution in [1.82, 2.24) is 10.2 Å². The summed E-state index contributed by atoms with van der Waals surface area (Å²) >= 11 is 0. The molecule has 1 aromatic rings. The second kappa shape index (κ2) is 9.81. The third kappa shape index (κ3) is 4.69. The predicted molar refractivity (Wildman–Crippen MR) is 116 cm³/mol. The summed E-state index contributed by atoms with van der Waals surface area (Å²) < 4.78 is 4.87. The van der Waals surface area contributed by atoms with Gasteiger partial charge in [-0.3, -0.25) is 9.69 Å². The third-order valence-corrected chi connectivity index (χ3v) is 6.73. The van der Waals surface area contributed by atoms with E-state index >= 15 is 0 Å². The number of amides is 2. The van der Waals surface area contributed by atoms with Gasteiger partial charge in [-0.2, -0.15) is 0 Å². The van der Waals surface area contributed by atoms with E-state index in [1.807, 2.05) is 9.80 Å². The van der Waals surface area contributed by atoms with Gasteiger partial charge >= 0.3 is 12.0 Å². The fourth-order valence-electron chi connectivity index (χ4n) is 5.00. The lowest BCUT2D eigenvalue weighted by molar-refractivity contribution is -0.146. The number of nitrogens with zero attached hydrogens (tertiary/aromatic N) is 2. The summed E-state index contributed by atoms with van der Waals surface area (Å²) in [5.41, 5.74) is 2.38. The molecule has 2 heterocycles. The van der Waals surface area contributed by atoms with Crippen molar-refractivity contribution in [3.63, 3.8) is 0 Å². The highest BCUT2D eigenvalue weighted by Gasteiger charge is 2.37. The van der Waals surface area contributed by atoms with Crippen molar-refractivity contribution in [3.05, 3.63) is 29.8 Å². The summed E-state index contributed by atoms with van der Waals surface area (Å²) in [5.74, 6) is 0.519. The molecular formula is C22H32ClN3O3. The molecule has 0 unspecified atom stereocenters. The van der Waals surface area contributed by atoms with Crippen LogP contribution in [0.25, 0.3) is 0 Å². The summed E-state index contributed by atoms with van der Waals surface area (Å²) in [7, 11) is 1.45. The Balaban J connectivity index is 0.00000240. The second-order valence-corrected chi connectivity index (χ2v) is 8.27. The van der Waals surface area contributed by atoms with Crippen LogP contribution in [0.15, 0.2) is 24.3 Å². The van der Waals surface area contributed by atoms with E-state index in [-0.39, 0.29) is 36.4 Å². The lowest BCUT2D eigenvalue weighted by Crippen LogP contribution is -2.42. The molecule has 2 aliphatic heterocycles. The number of nitrogens with one attached hydrogen (secondary N) is 1. The first-order valence-corrected chi connectivity index (χ1v) is 10.6. The molecule has 4 rings (SSSR count). The zero-order valence-electron chi connectivity index (χ0n) is 17.1. The molecule has 0 radical (unpaired) electrons. The molecule has 0 bridgehead atoms. The van der Waals surface area contributed by atoms with Gasteiger partial charge in [-0.1, -0.05) is 12.1 Å². The highest BCUT2D eigenvalue weighted by Crippen LogP contribution is 2.32. The molecule has 1 saturated carbocycles. The number of methoxy groups -OCH3 is 1. The molecule has 0 aromatic heterocycles. The number of hydrogen-bond donors (Lipinski definition) is 1. The monoisotopic (exact) mass is 421 g/mol. The molecule has 29 heavy (non-hydrogen) atoms. The molecular weight excluding hydrogens is 390 g/mol. The van der Waals surface area contributed by atoms with Crippen LogP contribution in [0.1, 0.15) is 50.0 Å². The van der Waals surface area contributed by atoms with Gasteiger partial charge < -0.3 is 15.0 Å². The Hall–Kier alpha value is -1.79. The van der Waals surface area contributed by atoms with Crippen molar-refractivity contribution in [1.29, 1.82) is 0 Å². The van der Waals surface area contributed by atoms with Crippen molar-refractivity contribution in [2.24, 2.45) is 5.92 Å². The summed E-state index contributed by atoms with van der Waals surface area (Å²) in [6.45, 7) is 3.68. The first-order chi connectivity index (χ1) is 13.7. The van der Waals surface area contributed by atoms with Crippen LogP contribution >= 0.6 is 12.4 Å². The Morgan fingerprint density at radius 2 is 1.66 bits per heavy atom. The summed E-state index contributed by atoms with van der Waals surface area (Å²) in [4.78, 5) is 28.6. The highest BCUT2D eigenvalue weighted by atomic mass is 35.5. The van der Waals surface area contributed by atoms with Crippen LogP contribution in [0.5, 0.6) is 0 Å². The molecule has 0 spiro atoms. The van der Waals surface area contributed by atoms with Crippen LogP contribution in [0.3, 0.4) is 0 Å². The number of esters is 1. The maximum atomic E-state index is 13.0. The molecule has 1 aliphatic carbocycles. The number of urea groups is 1. The number of rotatable bonds is 4. The fraction of sp³-hybridized carbons (Fsp3) is 0.636. The average Bonchev–Trinajstić information content (AvgIpc) is 3.15. The Morgan fingerprint density at radius 1 is 1.00 bits per heavy atom. The van der Waals surface area contributed by atoms with E-state index in [0.717, 1.165) is 57.5 Å². The number of hydrogen-bond acceptors (Lipinski definition) is 4. The third-order valence-electron chi connectivity index (χ3n) is 6.73. The first-order valence-electron chi connectivity index (χ1n) is 10.6. The molecule has 6 nitrogen and oxygen atoms in total. The molecule has 7 heteroatoms. The lowest BCUT2D eigenvalue weighted by atomic mass is 9.85. The number of benzene rings is 1. The second-order valence-electron chi connectivity index (χ2n) is 8.27. The molecule has 3 fully saturated rings. The average molecular weight is 422 g/mol. The van der Waals surface area contributed by atoms with E-state index in [1.165, 1.54) is 25.5 Å². The smallest absolute Gasteiger partial charge is 0.324 e. The van der Waals surface area contributed by atoms with Crippen molar-refractivity contribution in [2.75, 3.05) is 38.2 Å². The molecule has 1 N–H and O–H groups in total. The minimum absolute atomic E-state index is 0. The predicted octanol–water partition coefficient (Wildman–Crippen LogP) is 3.55. The van der Waals surface area contributed by atoms with Gasteiger partial charge in [-0.05, 0) is 75.2 Å². The normalized spacial score (nSPS) is 25.6. The van der Waals surface area contributed by atoms with Gasteiger partial charge in [0.05, 0.1) is 13.0 Å². The minimum Gasteiger partial charge on any atom is -0.469 e. The van der Waals surface area contributed by atoms with E-state index in [2.05, 4.69) is 29.6 Å². The number of halogens is 1. The van der Waals surface area contributed by atoms with Crippen molar-refractivity contribution in [2.45, 2.75) is 50.5 Å². The highest BCUT2D eigenvalue weighted by molar-refractivity contribution is 5.94.